The van der Waals surface area contributed by atoms with E-state index in [0.29, 0.717) is 0 Å². The second kappa shape index (κ2) is 12.2. The molecule has 58 heavy (non-hydrogen) atoms. The van der Waals surface area contributed by atoms with Crippen LogP contribution < -0.4 is 9.64 Å². The normalized spacial score (nSPS) is 16.1. The maximum absolute atomic E-state index is 7.27. The predicted octanol–water partition coefficient (Wildman–Crippen LogP) is 14.8. The van der Waals surface area contributed by atoms with E-state index in [9.17, 15) is 0 Å². The average molecular weight is 742 g/mol. The van der Waals surface area contributed by atoms with Crippen LogP contribution in [0.2, 0.25) is 0 Å². The summed E-state index contributed by atoms with van der Waals surface area (Å²) in [5.41, 5.74) is 17.6. The second-order valence-corrected chi connectivity index (χ2v) is 16.4. The largest absolute Gasteiger partial charge is 0.454 e. The fourth-order valence-corrected chi connectivity index (χ4v) is 10.5. The molecule has 1 unspecified atom stereocenters. The van der Waals surface area contributed by atoms with Gasteiger partial charge in [0.1, 0.15) is 5.75 Å². The van der Waals surface area contributed by atoms with Gasteiger partial charge in [-0.2, -0.15) is 0 Å². The lowest BCUT2D eigenvalue weighted by atomic mass is 9.66. The number of hydrogen-bond donors (Lipinski definition) is 0. The van der Waals surface area contributed by atoms with Crippen LogP contribution in [0, 0.1) is 0 Å². The van der Waals surface area contributed by atoms with Crippen LogP contribution in [0.25, 0.3) is 44.2 Å². The van der Waals surface area contributed by atoms with Gasteiger partial charge in [0.15, 0.2) is 5.75 Å². The summed E-state index contributed by atoms with van der Waals surface area (Å²) >= 11 is 0. The lowest BCUT2D eigenvalue weighted by Crippen LogP contribution is -2.32. The first-order chi connectivity index (χ1) is 28.5. The Hall–Kier alpha value is -7.16. The Kier molecular flexibility index (Phi) is 6.93. The molecule has 3 aliphatic rings. The molecule has 0 saturated carbocycles. The van der Waals surface area contributed by atoms with Crippen LogP contribution in [-0.4, -0.2) is 0 Å². The van der Waals surface area contributed by atoms with E-state index < -0.39 is 5.41 Å². The molecule has 0 N–H and O–H groups in total. The molecular weight excluding hydrogens is 703 g/mol. The molecule has 9 aromatic rings. The van der Waals surface area contributed by atoms with Crippen LogP contribution in [-0.2, 0) is 10.8 Å². The minimum absolute atomic E-state index is 0.152. The van der Waals surface area contributed by atoms with Gasteiger partial charge in [0.25, 0.3) is 0 Å². The molecule has 0 radical (unpaired) electrons. The Balaban J connectivity index is 1.13. The summed E-state index contributed by atoms with van der Waals surface area (Å²) in [6, 6.07) is 73.5. The first-order valence-corrected chi connectivity index (χ1v) is 20.3. The zero-order valence-corrected chi connectivity index (χ0v) is 32.4. The number of para-hydroxylation sites is 2. The van der Waals surface area contributed by atoms with E-state index in [0.717, 1.165) is 39.7 Å². The van der Waals surface area contributed by atoms with Crippen molar-refractivity contribution in [3.05, 3.63) is 234 Å². The highest BCUT2D eigenvalue weighted by Gasteiger charge is 2.52. The SMILES string of the molecule is CC1(C)c2ccccc2-c2ccc(N(c3ccc(-c4ccccc4)cc3)c3cccc4c3Oc3ccccc3C43c4ccccc4-c4c3ccc3ccccc43)cc21. The highest BCUT2D eigenvalue weighted by Crippen LogP contribution is 2.65. The molecule has 0 saturated heterocycles. The molecule has 9 aromatic carbocycles. The number of fused-ring (bicyclic) bond motifs is 14. The second-order valence-electron chi connectivity index (χ2n) is 16.4. The minimum atomic E-state index is -0.597. The standard InChI is InChI=1S/C56H39NO/c1-55(2)45-21-10-8-19-42(45)43-33-32-40(35-50(43)55)57(39-30-27-37(28-31-39)36-15-4-3-5-16-36)51-25-14-24-49-54(51)58-52-26-13-12-23-47(52)56(49)46-22-11-9-20-44(46)53-41-18-7-6-17-38(41)29-34-48(53)56/h3-35H,1-2H3. The summed E-state index contributed by atoms with van der Waals surface area (Å²) < 4.78 is 7.27. The van der Waals surface area contributed by atoms with Crippen LogP contribution in [0.5, 0.6) is 11.5 Å². The maximum atomic E-state index is 7.27. The van der Waals surface area contributed by atoms with Crippen LogP contribution in [0.1, 0.15) is 47.2 Å². The molecule has 1 heterocycles. The van der Waals surface area contributed by atoms with E-state index >= 15 is 0 Å². The number of anilines is 3. The first-order valence-electron chi connectivity index (χ1n) is 20.3. The Morgan fingerprint density at radius 2 is 1.05 bits per heavy atom. The van der Waals surface area contributed by atoms with Crippen molar-refractivity contribution in [3.8, 4) is 44.9 Å². The average Bonchev–Trinajstić information content (AvgIpc) is 3.70. The summed E-state index contributed by atoms with van der Waals surface area (Å²) in [7, 11) is 0. The zero-order valence-electron chi connectivity index (χ0n) is 32.4. The maximum Gasteiger partial charge on any atom is 0.156 e. The van der Waals surface area contributed by atoms with Crippen molar-refractivity contribution >= 4 is 27.8 Å². The third-order valence-corrected chi connectivity index (χ3v) is 13.1. The molecule has 274 valence electrons. The van der Waals surface area contributed by atoms with E-state index in [2.05, 4.69) is 219 Å². The van der Waals surface area contributed by atoms with Crippen LogP contribution in [0.15, 0.2) is 200 Å². The highest BCUT2D eigenvalue weighted by atomic mass is 16.5. The summed E-state index contributed by atoms with van der Waals surface area (Å²) in [5, 5.41) is 2.52. The van der Waals surface area contributed by atoms with Crippen molar-refractivity contribution in [1.82, 2.24) is 0 Å². The molecule has 0 amide bonds. The summed E-state index contributed by atoms with van der Waals surface area (Å²) in [6.45, 7) is 4.71. The summed E-state index contributed by atoms with van der Waals surface area (Å²) in [4.78, 5) is 2.41. The Bertz CT molecular complexity index is 3120. The smallest absolute Gasteiger partial charge is 0.156 e. The molecule has 2 aliphatic carbocycles. The molecule has 2 nitrogen and oxygen atoms in total. The Morgan fingerprint density at radius 3 is 1.90 bits per heavy atom. The first kappa shape index (κ1) is 33.0. The molecular formula is C56H39NO. The van der Waals surface area contributed by atoms with Gasteiger partial charge in [-0.3, -0.25) is 0 Å². The minimum Gasteiger partial charge on any atom is -0.454 e. The number of ether oxygens (including phenoxy) is 1. The van der Waals surface area contributed by atoms with E-state index in [1.807, 2.05) is 0 Å². The zero-order chi connectivity index (χ0) is 38.6. The van der Waals surface area contributed by atoms with Crippen molar-refractivity contribution in [2.75, 3.05) is 4.90 Å². The van der Waals surface area contributed by atoms with Gasteiger partial charge in [-0.05, 0) is 103 Å². The summed E-state index contributed by atoms with van der Waals surface area (Å²) in [5.74, 6) is 1.75. The Morgan fingerprint density at radius 1 is 0.414 bits per heavy atom. The van der Waals surface area contributed by atoms with Gasteiger partial charge >= 0.3 is 0 Å². The number of benzene rings is 9. The highest BCUT2D eigenvalue weighted by molar-refractivity contribution is 6.05. The van der Waals surface area contributed by atoms with Gasteiger partial charge in [0, 0.05) is 27.9 Å². The van der Waals surface area contributed by atoms with E-state index in [4.69, 9.17) is 4.74 Å². The topological polar surface area (TPSA) is 12.5 Å². The molecule has 0 bridgehead atoms. The van der Waals surface area contributed by atoms with Gasteiger partial charge in [0.2, 0.25) is 0 Å². The van der Waals surface area contributed by atoms with Crippen LogP contribution in [0.4, 0.5) is 17.1 Å². The lowest BCUT2D eigenvalue weighted by molar-refractivity contribution is 0.437. The number of nitrogens with zero attached hydrogens (tertiary/aromatic N) is 1. The van der Waals surface area contributed by atoms with E-state index in [-0.39, 0.29) is 5.41 Å². The van der Waals surface area contributed by atoms with Crippen molar-refractivity contribution < 1.29 is 4.74 Å². The number of rotatable bonds is 4. The van der Waals surface area contributed by atoms with E-state index in [1.165, 1.54) is 66.4 Å². The molecule has 1 atom stereocenters. The predicted molar refractivity (Wildman–Crippen MR) is 239 cm³/mol. The van der Waals surface area contributed by atoms with Gasteiger partial charge in [-0.1, -0.05) is 178 Å². The molecule has 12 rings (SSSR count). The van der Waals surface area contributed by atoms with Gasteiger partial charge in [-0.15, -0.1) is 0 Å². The van der Waals surface area contributed by atoms with Crippen molar-refractivity contribution in [2.45, 2.75) is 24.7 Å². The molecule has 0 fully saturated rings. The fraction of sp³-hybridized carbons (Fsp3) is 0.0714. The molecule has 1 aliphatic heterocycles. The van der Waals surface area contributed by atoms with Gasteiger partial charge < -0.3 is 9.64 Å². The van der Waals surface area contributed by atoms with Gasteiger partial charge in [0.05, 0.1) is 11.1 Å². The monoisotopic (exact) mass is 741 g/mol. The van der Waals surface area contributed by atoms with Crippen molar-refractivity contribution in [3.63, 3.8) is 0 Å². The van der Waals surface area contributed by atoms with Gasteiger partial charge in [-0.25, -0.2) is 0 Å². The van der Waals surface area contributed by atoms with Crippen LogP contribution in [0.3, 0.4) is 0 Å². The van der Waals surface area contributed by atoms with Crippen molar-refractivity contribution in [2.24, 2.45) is 0 Å². The quantitative estimate of drug-likeness (QED) is 0.178. The Labute approximate surface area is 339 Å². The molecule has 2 heteroatoms. The van der Waals surface area contributed by atoms with Crippen LogP contribution >= 0.6 is 0 Å². The third-order valence-electron chi connectivity index (χ3n) is 13.1. The molecule has 1 spiro atoms. The lowest BCUT2D eigenvalue weighted by Gasteiger charge is -2.41. The van der Waals surface area contributed by atoms with Crippen molar-refractivity contribution in [1.29, 1.82) is 0 Å². The fourth-order valence-electron chi connectivity index (χ4n) is 10.5. The number of hydrogen-bond acceptors (Lipinski definition) is 2. The summed E-state index contributed by atoms with van der Waals surface area (Å²) in [6.07, 6.45) is 0. The third kappa shape index (κ3) is 4.43. The van der Waals surface area contributed by atoms with E-state index in [1.54, 1.807) is 0 Å². The molecule has 0 aromatic heterocycles.